The number of aromatic nitrogens is 5. The van der Waals surface area contributed by atoms with E-state index in [2.05, 4.69) is 16.0 Å². The van der Waals surface area contributed by atoms with Crippen LogP contribution in [0.5, 0.6) is 0 Å². The molecule has 0 spiro atoms. The average molecular weight is 516 g/mol. The number of nitriles is 1. The summed E-state index contributed by atoms with van der Waals surface area (Å²) in [5, 5.41) is 14.7. The van der Waals surface area contributed by atoms with Gasteiger partial charge in [0.25, 0.3) is 5.56 Å². The van der Waals surface area contributed by atoms with Crippen molar-refractivity contribution in [3.63, 3.8) is 0 Å². The third kappa shape index (κ3) is 3.81. The first kappa shape index (κ1) is 25.2. The van der Waals surface area contributed by atoms with Gasteiger partial charge in [-0.05, 0) is 18.2 Å². The molecule has 4 aromatic rings. The molecule has 176 valence electrons. The Balaban J connectivity index is 0.00000162. The van der Waals surface area contributed by atoms with Crippen LogP contribution < -0.4 is 21.9 Å². The topological polar surface area (TPSA) is 144 Å². The van der Waals surface area contributed by atoms with E-state index in [4.69, 9.17) is 28.2 Å². The first-order chi connectivity index (χ1) is 15.4. The molecule has 1 aliphatic rings. The van der Waals surface area contributed by atoms with Crippen LogP contribution >= 0.6 is 38.6 Å². The molecule has 0 unspecified atom stereocenters. The van der Waals surface area contributed by atoms with E-state index < -0.39 is 0 Å². The molecular weight excluding hydrogens is 494 g/mol. The van der Waals surface area contributed by atoms with Gasteiger partial charge in [0.2, 0.25) is 5.95 Å². The zero-order valence-electron chi connectivity index (χ0n) is 18.0. The Bertz CT molecular complexity index is 1470. The van der Waals surface area contributed by atoms with Gasteiger partial charge >= 0.3 is 0 Å². The fourth-order valence-electron chi connectivity index (χ4n) is 4.17. The van der Waals surface area contributed by atoms with Crippen molar-refractivity contribution >= 4 is 61.7 Å². The van der Waals surface area contributed by atoms with Gasteiger partial charge in [-0.1, -0.05) is 36.7 Å². The summed E-state index contributed by atoms with van der Waals surface area (Å²) in [7, 11) is 0. The SMILES string of the molecule is C[C@H]1CN(c2nc(N)nc(N)c2C#N)[C@@H]1c1nn2ccc(Cl)c2c(=O)n1-c1ccccc1.S.S. The molecule has 4 heterocycles. The minimum Gasteiger partial charge on any atom is -0.382 e. The minimum absolute atomic E-state index is 0. The molecule has 13 heteroatoms. The van der Waals surface area contributed by atoms with Crippen molar-refractivity contribution in [1.82, 2.24) is 24.1 Å². The molecule has 1 aliphatic heterocycles. The summed E-state index contributed by atoms with van der Waals surface area (Å²) < 4.78 is 3.03. The van der Waals surface area contributed by atoms with Gasteiger partial charge in [0.1, 0.15) is 23.0 Å². The second kappa shape index (κ2) is 9.46. The third-order valence-corrected chi connectivity index (χ3v) is 5.92. The summed E-state index contributed by atoms with van der Waals surface area (Å²) >= 11 is 6.28. The zero-order chi connectivity index (χ0) is 22.6. The van der Waals surface area contributed by atoms with Crippen LogP contribution in [0.1, 0.15) is 24.4 Å². The molecule has 0 aliphatic carbocycles. The fraction of sp³-hybridized carbons (Fsp3) is 0.190. The number of halogens is 1. The summed E-state index contributed by atoms with van der Waals surface area (Å²) in [6.45, 7) is 2.61. The predicted octanol–water partition coefficient (Wildman–Crippen LogP) is 2.39. The smallest absolute Gasteiger partial charge is 0.284 e. The summed E-state index contributed by atoms with van der Waals surface area (Å²) in [5.74, 6) is 0.883. The largest absolute Gasteiger partial charge is 0.382 e. The lowest BCUT2D eigenvalue weighted by Crippen LogP contribution is -2.52. The first-order valence-electron chi connectivity index (χ1n) is 9.85. The maximum Gasteiger partial charge on any atom is 0.284 e. The van der Waals surface area contributed by atoms with Crippen LogP contribution in [0.4, 0.5) is 17.6 Å². The van der Waals surface area contributed by atoms with E-state index in [1.165, 1.54) is 4.52 Å². The number of nitrogens with two attached hydrogens (primary N) is 2. The fourth-order valence-corrected chi connectivity index (χ4v) is 4.39. The van der Waals surface area contributed by atoms with Crippen molar-refractivity contribution in [2.75, 3.05) is 22.9 Å². The molecule has 10 nitrogen and oxygen atoms in total. The van der Waals surface area contributed by atoms with Crippen LogP contribution in [-0.4, -0.2) is 30.7 Å². The van der Waals surface area contributed by atoms with Crippen LogP contribution in [0.2, 0.25) is 5.02 Å². The molecule has 1 fully saturated rings. The van der Waals surface area contributed by atoms with Gasteiger partial charge in [-0.2, -0.15) is 47.3 Å². The lowest BCUT2D eigenvalue weighted by Gasteiger charge is -2.47. The summed E-state index contributed by atoms with van der Waals surface area (Å²) in [6, 6.07) is 12.5. The van der Waals surface area contributed by atoms with Gasteiger partial charge in [0.15, 0.2) is 11.6 Å². The highest BCUT2D eigenvalue weighted by Crippen LogP contribution is 2.42. The van der Waals surface area contributed by atoms with Gasteiger partial charge in [-0.3, -0.25) is 9.36 Å². The van der Waals surface area contributed by atoms with Gasteiger partial charge in [-0.25, -0.2) is 4.52 Å². The molecule has 1 aromatic carbocycles. The van der Waals surface area contributed by atoms with Crippen molar-refractivity contribution in [2.45, 2.75) is 13.0 Å². The highest BCUT2D eigenvalue weighted by Gasteiger charge is 2.43. The van der Waals surface area contributed by atoms with Crippen LogP contribution in [0.25, 0.3) is 11.2 Å². The summed E-state index contributed by atoms with van der Waals surface area (Å²) in [4.78, 5) is 23.6. The molecule has 4 N–H and O–H groups in total. The van der Waals surface area contributed by atoms with Crippen LogP contribution in [0.15, 0.2) is 47.4 Å². The molecule has 0 radical (unpaired) electrons. The van der Waals surface area contributed by atoms with E-state index in [0.717, 1.165) is 0 Å². The van der Waals surface area contributed by atoms with Crippen LogP contribution in [0, 0.1) is 17.2 Å². The molecular formula is C21H22ClN9OS2. The average Bonchev–Trinajstić information content (AvgIpc) is 3.13. The maximum atomic E-state index is 13.5. The quantitative estimate of drug-likeness (QED) is 0.423. The van der Waals surface area contributed by atoms with Crippen LogP contribution in [-0.2, 0) is 0 Å². The predicted molar refractivity (Wildman–Crippen MR) is 141 cm³/mol. The maximum absolute atomic E-state index is 13.5. The van der Waals surface area contributed by atoms with Gasteiger partial charge in [0.05, 0.1) is 16.8 Å². The minimum atomic E-state index is -0.366. The highest BCUT2D eigenvalue weighted by molar-refractivity contribution is 7.59. The second-order valence-corrected chi connectivity index (χ2v) is 8.05. The van der Waals surface area contributed by atoms with E-state index >= 15 is 0 Å². The van der Waals surface area contributed by atoms with Crippen LogP contribution in [0.3, 0.4) is 0 Å². The van der Waals surface area contributed by atoms with Crippen molar-refractivity contribution in [3.05, 3.63) is 69.4 Å². The molecule has 0 bridgehead atoms. The van der Waals surface area contributed by atoms with Crippen molar-refractivity contribution in [1.29, 1.82) is 5.26 Å². The zero-order valence-corrected chi connectivity index (χ0v) is 20.7. The first-order valence-corrected chi connectivity index (χ1v) is 10.2. The lowest BCUT2D eigenvalue weighted by atomic mass is 9.88. The molecule has 34 heavy (non-hydrogen) atoms. The van der Waals surface area contributed by atoms with E-state index in [9.17, 15) is 10.1 Å². The molecule has 0 saturated carbocycles. The summed E-state index contributed by atoms with van der Waals surface area (Å²) in [6.07, 6.45) is 1.65. The number of para-hydroxylation sites is 1. The number of nitrogen functional groups attached to an aromatic ring is 2. The van der Waals surface area contributed by atoms with E-state index in [1.54, 1.807) is 16.8 Å². The Hall–Kier alpha value is -3.40. The third-order valence-electron chi connectivity index (χ3n) is 5.62. The molecule has 0 amide bonds. The summed E-state index contributed by atoms with van der Waals surface area (Å²) in [5.41, 5.74) is 12.5. The van der Waals surface area contributed by atoms with Crippen molar-refractivity contribution in [3.8, 4) is 11.8 Å². The van der Waals surface area contributed by atoms with E-state index in [-0.39, 0.29) is 67.4 Å². The van der Waals surface area contributed by atoms with Gasteiger partial charge in [-0.15, -0.1) is 0 Å². The number of hydrogen-bond donors (Lipinski definition) is 2. The van der Waals surface area contributed by atoms with Gasteiger partial charge < -0.3 is 16.4 Å². The van der Waals surface area contributed by atoms with Gasteiger partial charge in [0, 0.05) is 18.7 Å². The molecule has 2 atom stereocenters. The normalized spacial score (nSPS) is 16.8. The number of rotatable bonds is 3. The second-order valence-electron chi connectivity index (χ2n) is 7.64. The molecule has 1 saturated heterocycles. The van der Waals surface area contributed by atoms with Crippen molar-refractivity contribution in [2.24, 2.45) is 5.92 Å². The van der Waals surface area contributed by atoms with E-state index in [0.29, 0.717) is 28.9 Å². The van der Waals surface area contributed by atoms with Crippen molar-refractivity contribution < 1.29 is 0 Å². The molecule has 3 aromatic heterocycles. The Labute approximate surface area is 213 Å². The van der Waals surface area contributed by atoms with E-state index in [1.807, 2.05) is 42.2 Å². The Morgan fingerprint density at radius 2 is 1.85 bits per heavy atom. The number of hydrogen-bond acceptors (Lipinski definition) is 8. The number of fused-ring (bicyclic) bond motifs is 1. The highest BCUT2D eigenvalue weighted by atomic mass is 35.5. The number of anilines is 3. The lowest BCUT2D eigenvalue weighted by molar-refractivity contribution is 0.300. The standard InChI is InChI=1S/C21H18ClN9O.2H2S/c1-11-10-29(18-13(9-23)17(24)26-21(25)27-18)15(11)19-28-30-8-7-14(22)16(30)20(32)31(19)12-5-3-2-4-6-12;;/h2-8,11,15H,10H2,1H3,(H4,24,25,26,27);2*1H2/t11-,15-;;/m0../s1. The Morgan fingerprint density at radius 3 is 2.50 bits per heavy atom. The molecule has 5 rings (SSSR count). The number of nitrogens with zero attached hydrogens (tertiary/aromatic N) is 7. The Kier molecular flexibility index (Phi) is 7.02. The Morgan fingerprint density at radius 1 is 1.15 bits per heavy atom. The monoisotopic (exact) mass is 515 g/mol. The number of benzene rings is 1.